The third-order valence-corrected chi connectivity index (χ3v) is 6.47. The number of Topliss-reactive ketones (excluding diaryl/α,β-unsaturated/α-hetero) is 1. The highest BCUT2D eigenvalue weighted by Crippen LogP contribution is 2.32. The van der Waals surface area contributed by atoms with Crippen LogP contribution in [-0.2, 0) is 4.79 Å². The number of ketones is 1. The summed E-state index contributed by atoms with van der Waals surface area (Å²) >= 11 is 0. The molecule has 1 aliphatic rings. The summed E-state index contributed by atoms with van der Waals surface area (Å²) < 4.78 is 1.98. The maximum Gasteiger partial charge on any atom is 0.179 e. The fraction of sp³-hybridized carbons (Fsp3) is 0.520. The summed E-state index contributed by atoms with van der Waals surface area (Å²) in [5.41, 5.74) is 5.07. The van der Waals surface area contributed by atoms with Crippen molar-refractivity contribution < 1.29 is 4.79 Å². The number of carbonyl (C=O) groups excluding carboxylic acids is 1. The first-order valence-corrected chi connectivity index (χ1v) is 11.6. The van der Waals surface area contributed by atoms with Crippen LogP contribution in [-0.4, -0.2) is 64.4 Å². The standard InChI is InChI=1S/C25H34N6O/c1-17-10-12-21(13-11-17)31-19(3)23-18(2)26-27-25(24(23)28-31)30-15-6-8-20(16-30)22(32)9-7-14-29(4)5/h10-13,20H,6-9,14-16H2,1-5H3. The average molecular weight is 435 g/mol. The molecule has 3 aromatic rings. The molecule has 0 N–H and O–H groups in total. The van der Waals surface area contributed by atoms with Crippen LogP contribution in [0, 0.1) is 26.7 Å². The van der Waals surface area contributed by atoms with E-state index in [1.54, 1.807) is 0 Å². The lowest BCUT2D eigenvalue weighted by Crippen LogP contribution is -2.39. The molecule has 1 aromatic carbocycles. The molecule has 2 aromatic heterocycles. The lowest BCUT2D eigenvalue weighted by Gasteiger charge is -2.32. The molecule has 0 radical (unpaired) electrons. The number of hydrogen-bond acceptors (Lipinski definition) is 6. The Morgan fingerprint density at radius 1 is 1.12 bits per heavy atom. The monoisotopic (exact) mass is 434 g/mol. The van der Waals surface area contributed by atoms with Gasteiger partial charge in [-0.05, 0) is 72.8 Å². The van der Waals surface area contributed by atoms with Crippen molar-refractivity contribution in [3.63, 3.8) is 0 Å². The summed E-state index contributed by atoms with van der Waals surface area (Å²) in [6, 6.07) is 8.38. The first-order valence-electron chi connectivity index (χ1n) is 11.6. The summed E-state index contributed by atoms with van der Waals surface area (Å²) in [5.74, 6) is 1.23. The van der Waals surface area contributed by atoms with Crippen molar-refractivity contribution in [1.82, 2.24) is 24.9 Å². The molecule has 1 saturated heterocycles. The van der Waals surface area contributed by atoms with Gasteiger partial charge in [-0.3, -0.25) is 4.79 Å². The molecule has 1 unspecified atom stereocenters. The zero-order chi connectivity index (χ0) is 22.8. The molecular formula is C25H34N6O. The van der Waals surface area contributed by atoms with Gasteiger partial charge in [-0.2, -0.15) is 10.2 Å². The van der Waals surface area contributed by atoms with Crippen LogP contribution in [0.4, 0.5) is 5.82 Å². The van der Waals surface area contributed by atoms with Crippen LogP contribution < -0.4 is 4.90 Å². The Bertz CT molecular complexity index is 1100. The molecule has 0 bridgehead atoms. The van der Waals surface area contributed by atoms with Gasteiger partial charge in [0.15, 0.2) is 5.82 Å². The number of hydrogen-bond donors (Lipinski definition) is 0. The van der Waals surface area contributed by atoms with E-state index < -0.39 is 0 Å². The highest BCUT2D eigenvalue weighted by atomic mass is 16.1. The Balaban J connectivity index is 1.62. The summed E-state index contributed by atoms with van der Waals surface area (Å²) in [5, 5.41) is 15.0. The lowest BCUT2D eigenvalue weighted by atomic mass is 9.91. The molecule has 4 rings (SSSR count). The minimum absolute atomic E-state index is 0.0596. The quantitative estimate of drug-likeness (QED) is 0.562. The first kappa shape index (κ1) is 22.4. The Hall–Kier alpha value is -2.80. The zero-order valence-corrected chi connectivity index (χ0v) is 19.9. The second kappa shape index (κ2) is 9.36. The van der Waals surface area contributed by atoms with Crippen molar-refractivity contribution in [3.8, 4) is 5.69 Å². The number of piperidine rings is 1. The van der Waals surface area contributed by atoms with Crippen LogP contribution in [0.1, 0.15) is 42.6 Å². The zero-order valence-electron chi connectivity index (χ0n) is 19.9. The van der Waals surface area contributed by atoms with Crippen LogP contribution in [0.25, 0.3) is 16.6 Å². The molecule has 3 heterocycles. The van der Waals surface area contributed by atoms with Crippen LogP contribution in [0.5, 0.6) is 0 Å². The van der Waals surface area contributed by atoms with Gasteiger partial charge in [0.1, 0.15) is 11.3 Å². The molecular weight excluding hydrogens is 400 g/mol. The summed E-state index contributed by atoms with van der Waals surface area (Å²) in [6.45, 7) is 8.68. The largest absolute Gasteiger partial charge is 0.353 e. The van der Waals surface area contributed by atoms with Gasteiger partial charge in [-0.1, -0.05) is 17.7 Å². The molecule has 7 heteroatoms. The second-order valence-corrected chi connectivity index (χ2v) is 9.32. The number of aryl methyl sites for hydroxylation is 3. The van der Waals surface area contributed by atoms with Crippen molar-refractivity contribution in [1.29, 1.82) is 0 Å². The van der Waals surface area contributed by atoms with E-state index in [-0.39, 0.29) is 5.92 Å². The van der Waals surface area contributed by atoms with Crippen molar-refractivity contribution in [3.05, 3.63) is 41.2 Å². The maximum absolute atomic E-state index is 12.8. The smallest absolute Gasteiger partial charge is 0.179 e. The predicted octanol–water partition coefficient (Wildman–Crippen LogP) is 3.87. The number of benzene rings is 1. The number of carbonyl (C=O) groups is 1. The third-order valence-electron chi connectivity index (χ3n) is 6.47. The molecule has 0 spiro atoms. The van der Waals surface area contributed by atoms with E-state index in [0.717, 1.165) is 66.1 Å². The Kier molecular flexibility index (Phi) is 6.55. The average Bonchev–Trinajstić information content (AvgIpc) is 3.12. The molecule has 0 aliphatic carbocycles. The van der Waals surface area contributed by atoms with Crippen LogP contribution in [0.3, 0.4) is 0 Å². The maximum atomic E-state index is 12.8. The van der Waals surface area contributed by atoms with Crippen molar-refractivity contribution in [2.75, 3.05) is 38.6 Å². The van der Waals surface area contributed by atoms with Gasteiger partial charge in [-0.15, -0.1) is 5.10 Å². The van der Waals surface area contributed by atoms with Crippen molar-refractivity contribution in [2.24, 2.45) is 5.92 Å². The normalized spacial score (nSPS) is 16.8. The van der Waals surface area contributed by atoms with Gasteiger partial charge >= 0.3 is 0 Å². The SMILES string of the molecule is Cc1ccc(-n2nc3c(N4CCCC(C(=O)CCCN(C)C)C4)nnc(C)c3c2C)cc1. The summed E-state index contributed by atoms with van der Waals surface area (Å²) in [4.78, 5) is 17.2. The summed E-state index contributed by atoms with van der Waals surface area (Å²) in [7, 11) is 4.09. The molecule has 7 nitrogen and oxygen atoms in total. The van der Waals surface area contributed by atoms with E-state index in [9.17, 15) is 4.79 Å². The summed E-state index contributed by atoms with van der Waals surface area (Å²) in [6.07, 6.45) is 3.50. The number of rotatable bonds is 7. The fourth-order valence-corrected chi connectivity index (χ4v) is 4.67. The molecule has 1 atom stereocenters. The van der Waals surface area contributed by atoms with Gasteiger partial charge in [0.25, 0.3) is 0 Å². The van der Waals surface area contributed by atoms with E-state index >= 15 is 0 Å². The van der Waals surface area contributed by atoms with Gasteiger partial charge in [-0.25, -0.2) is 4.68 Å². The highest BCUT2D eigenvalue weighted by molar-refractivity contribution is 5.92. The van der Waals surface area contributed by atoms with E-state index in [2.05, 4.69) is 58.1 Å². The Morgan fingerprint density at radius 2 is 1.88 bits per heavy atom. The molecule has 32 heavy (non-hydrogen) atoms. The van der Waals surface area contributed by atoms with E-state index in [1.165, 1.54) is 5.56 Å². The van der Waals surface area contributed by atoms with E-state index in [1.807, 2.05) is 25.7 Å². The second-order valence-electron chi connectivity index (χ2n) is 9.32. The molecule has 0 saturated carbocycles. The van der Waals surface area contributed by atoms with E-state index in [4.69, 9.17) is 5.10 Å². The van der Waals surface area contributed by atoms with Gasteiger partial charge in [0.05, 0.1) is 22.5 Å². The van der Waals surface area contributed by atoms with Gasteiger partial charge < -0.3 is 9.80 Å². The minimum atomic E-state index is 0.0596. The Labute approximate surface area is 190 Å². The predicted molar refractivity (Wildman–Crippen MR) is 129 cm³/mol. The van der Waals surface area contributed by atoms with Crippen LogP contribution >= 0.6 is 0 Å². The lowest BCUT2D eigenvalue weighted by molar-refractivity contribution is -0.123. The highest BCUT2D eigenvalue weighted by Gasteiger charge is 2.29. The van der Waals surface area contributed by atoms with Gasteiger partial charge in [0, 0.05) is 25.4 Å². The molecule has 1 aliphatic heterocycles. The minimum Gasteiger partial charge on any atom is -0.353 e. The molecule has 1 fully saturated rings. The topological polar surface area (TPSA) is 67.2 Å². The molecule has 0 amide bonds. The number of anilines is 1. The number of nitrogens with zero attached hydrogens (tertiary/aromatic N) is 6. The number of fused-ring (bicyclic) bond motifs is 1. The van der Waals surface area contributed by atoms with Crippen molar-refractivity contribution >= 4 is 22.5 Å². The third kappa shape index (κ3) is 4.53. The van der Waals surface area contributed by atoms with Gasteiger partial charge in [0.2, 0.25) is 0 Å². The molecule has 170 valence electrons. The fourth-order valence-electron chi connectivity index (χ4n) is 4.67. The van der Waals surface area contributed by atoms with Crippen molar-refractivity contribution in [2.45, 2.75) is 46.5 Å². The van der Waals surface area contributed by atoms with Crippen LogP contribution in [0.2, 0.25) is 0 Å². The van der Waals surface area contributed by atoms with Crippen LogP contribution in [0.15, 0.2) is 24.3 Å². The first-order chi connectivity index (χ1) is 15.3. The number of aromatic nitrogens is 4. The Morgan fingerprint density at radius 3 is 2.59 bits per heavy atom. The van der Waals surface area contributed by atoms with E-state index in [0.29, 0.717) is 18.7 Å².